The second-order valence-corrected chi connectivity index (χ2v) is 6.62. The van der Waals surface area contributed by atoms with Gasteiger partial charge in [0.1, 0.15) is 5.75 Å². The number of para-hydroxylation sites is 2. The van der Waals surface area contributed by atoms with Gasteiger partial charge < -0.3 is 15.0 Å². The van der Waals surface area contributed by atoms with Crippen LogP contribution >= 0.6 is 0 Å². The van der Waals surface area contributed by atoms with Gasteiger partial charge in [-0.3, -0.25) is 9.59 Å². The van der Waals surface area contributed by atoms with Crippen molar-refractivity contribution < 1.29 is 14.3 Å². The van der Waals surface area contributed by atoms with E-state index in [1.54, 1.807) is 23.1 Å². The van der Waals surface area contributed by atoms with Crippen LogP contribution in [0.2, 0.25) is 0 Å². The minimum atomic E-state index is -0.152. The lowest BCUT2D eigenvalue weighted by atomic mass is 10.1. The van der Waals surface area contributed by atoms with E-state index >= 15 is 0 Å². The van der Waals surface area contributed by atoms with Gasteiger partial charge in [0.05, 0.1) is 22.9 Å². The lowest BCUT2D eigenvalue weighted by Crippen LogP contribution is -2.41. The maximum Gasteiger partial charge on any atom is 0.262 e. The first-order valence-electron chi connectivity index (χ1n) is 8.61. The number of nitrogens with zero attached hydrogens (tertiary/aromatic N) is 1. The number of amides is 2. The maximum absolute atomic E-state index is 13.3. The maximum atomic E-state index is 13.3. The Bertz CT molecular complexity index is 829. The highest BCUT2D eigenvalue weighted by Crippen LogP contribution is 2.31. The van der Waals surface area contributed by atoms with E-state index in [0.717, 1.165) is 12.8 Å². The average Bonchev–Trinajstić information content (AvgIpc) is 3.44. The van der Waals surface area contributed by atoms with Gasteiger partial charge in [-0.2, -0.15) is 0 Å². The third-order valence-electron chi connectivity index (χ3n) is 4.45. The molecule has 25 heavy (non-hydrogen) atoms. The van der Waals surface area contributed by atoms with Crippen LogP contribution in [0.4, 0.5) is 5.69 Å². The Kier molecular flexibility index (Phi) is 3.92. The molecule has 1 heterocycles. The molecule has 1 aliphatic heterocycles. The van der Waals surface area contributed by atoms with E-state index in [0.29, 0.717) is 29.1 Å². The van der Waals surface area contributed by atoms with Crippen LogP contribution in [-0.2, 0) is 0 Å². The van der Waals surface area contributed by atoms with E-state index < -0.39 is 0 Å². The van der Waals surface area contributed by atoms with Gasteiger partial charge in [0.25, 0.3) is 11.8 Å². The van der Waals surface area contributed by atoms with Gasteiger partial charge in [-0.25, -0.2) is 0 Å². The zero-order chi connectivity index (χ0) is 17.4. The van der Waals surface area contributed by atoms with Gasteiger partial charge in [-0.15, -0.1) is 0 Å². The fourth-order valence-electron chi connectivity index (χ4n) is 3.07. The van der Waals surface area contributed by atoms with Crippen LogP contribution in [0.1, 0.15) is 40.5 Å². The summed E-state index contributed by atoms with van der Waals surface area (Å²) in [5.41, 5.74) is 1.68. The normalized spacial score (nSPS) is 19.6. The summed E-state index contributed by atoms with van der Waals surface area (Å²) < 4.78 is 5.91. The van der Waals surface area contributed by atoms with Crippen molar-refractivity contribution in [2.75, 3.05) is 11.4 Å². The van der Waals surface area contributed by atoms with E-state index in [1.807, 2.05) is 37.3 Å². The smallest absolute Gasteiger partial charge is 0.262 e. The quantitative estimate of drug-likeness (QED) is 0.937. The SMILES string of the molecule is CC1CN(C(=O)c2ccccc2OC2CC2)c2ccccc2C(=O)N1. The molecule has 0 bridgehead atoms. The second kappa shape index (κ2) is 6.24. The topological polar surface area (TPSA) is 58.6 Å². The number of hydrogen-bond donors (Lipinski definition) is 1. The molecule has 2 aliphatic rings. The highest BCUT2D eigenvalue weighted by atomic mass is 16.5. The van der Waals surface area contributed by atoms with Crippen LogP contribution in [0, 0.1) is 0 Å². The molecule has 1 N–H and O–H groups in total. The van der Waals surface area contributed by atoms with Crippen LogP contribution in [0.3, 0.4) is 0 Å². The number of nitrogens with one attached hydrogen (secondary N) is 1. The van der Waals surface area contributed by atoms with Crippen LogP contribution < -0.4 is 15.0 Å². The van der Waals surface area contributed by atoms with Crippen molar-refractivity contribution >= 4 is 17.5 Å². The summed E-state index contributed by atoms with van der Waals surface area (Å²) in [6, 6.07) is 14.4. The van der Waals surface area contributed by atoms with Gasteiger partial charge in [0.15, 0.2) is 0 Å². The van der Waals surface area contributed by atoms with Crippen molar-refractivity contribution in [1.29, 1.82) is 0 Å². The van der Waals surface area contributed by atoms with Crippen molar-refractivity contribution in [3.8, 4) is 5.75 Å². The number of ether oxygens (including phenoxy) is 1. The molecular weight excluding hydrogens is 316 g/mol. The molecule has 0 aromatic heterocycles. The molecule has 4 rings (SSSR count). The van der Waals surface area contributed by atoms with Crippen LogP contribution in [0.5, 0.6) is 5.75 Å². The Labute approximate surface area is 146 Å². The molecule has 1 aliphatic carbocycles. The van der Waals surface area contributed by atoms with E-state index in [2.05, 4.69) is 5.32 Å². The number of anilines is 1. The van der Waals surface area contributed by atoms with Gasteiger partial charge in [-0.1, -0.05) is 24.3 Å². The molecule has 2 aromatic carbocycles. The Morgan fingerprint density at radius 2 is 1.84 bits per heavy atom. The predicted octanol–water partition coefficient (Wildman–Crippen LogP) is 3.01. The average molecular weight is 336 g/mol. The van der Waals surface area contributed by atoms with Gasteiger partial charge >= 0.3 is 0 Å². The molecule has 2 aromatic rings. The Balaban J connectivity index is 1.74. The van der Waals surface area contributed by atoms with Crippen molar-refractivity contribution in [2.24, 2.45) is 0 Å². The summed E-state index contributed by atoms with van der Waals surface area (Å²) in [7, 11) is 0. The van der Waals surface area contributed by atoms with Crippen molar-refractivity contribution in [3.63, 3.8) is 0 Å². The molecule has 1 saturated carbocycles. The lowest BCUT2D eigenvalue weighted by molar-refractivity contribution is 0.0938. The zero-order valence-electron chi connectivity index (χ0n) is 14.1. The van der Waals surface area contributed by atoms with Crippen molar-refractivity contribution in [3.05, 3.63) is 59.7 Å². The lowest BCUT2D eigenvalue weighted by Gasteiger charge is -2.25. The van der Waals surface area contributed by atoms with Gasteiger partial charge in [-0.05, 0) is 44.0 Å². The molecule has 5 nitrogen and oxygen atoms in total. The summed E-state index contributed by atoms with van der Waals surface area (Å²) in [6.45, 7) is 2.32. The number of carbonyl (C=O) groups is 2. The minimum Gasteiger partial charge on any atom is -0.490 e. The number of rotatable bonds is 3. The first-order valence-corrected chi connectivity index (χ1v) is 8.61. The molecule has 0 saturated heterocycles. The van der Waals surface area contributed by atoms with Crippen LogP contribution in [0.25, 0.3) is 0 Å². The summed E-state index contributed by atoms with van der Waals surface area (Å²) in [6.07, 6.45) is 2.28. The molecule has 2 amide bonds. The minimum absolute atomic E-state index is 0.139. The molecule has 0 radical (unpaired) electrons. The molecule has 1 unspecified atom stereocenters. The largest absolute Gasteiger partial charge is 0.490 e. The highest BCUT2D eigenvalue weighted by Gasteiger charge is 2.31. The molecule has 0 spiro atoms. The number of carbonyl (C=O) groups excluding carboxylic acids is 2. The van der Waals surface area contributed by atoms with E-state index in [-0.39, 0.29) is 24.0 Å². The molecule has 1 fully saturated rings. The third kappa shape index (κ3) is 3.09. The third-order valence-corrected chi connectivity index (χ3v) is 4.45. The summed E-state index contributed by atoms with van der Waals surface area (Å²) in [5, 5.41) is 2.93. The molecule has 128 valence electrons. The Morgan fingerprint density at radius 1 is 1.12 bits per heavy atom. The Morgan fingerprint density at radius 3 is 2.64 bits per heavy atom. The number of benzene rings is 2. The summed E-state index contributed by atoms with van der Waals surface area (Å²) in [5.74, 6) is 0.316. The predicted molar refractivity (Wildman–Crippen MR) is 95.1 cm³/mol. The highest BCUT2D eigenvalue weighted by molar-refractivity contribution is 6.12. The second-order valence-electron chi connectivity index (χ2n) is 6.62. The molecule has 1 atom stereocenters. The van der Waals surface area contributed by atoms with E-state index in [4.69, 9.17) is 4.74 Å². The van der Waals surface area contributed by atoms with Gasteiger partial charge in [0.2, 0.25) is 0 Å². The van der Waals surface area contributed by atoms with Gasteiger partial charge in [0, 0.05) is 12.6 Å². The fourth-order valence-corrected chi connectivity index (χ4v) is 3.07. The number of hydrogen-bond acceptors (Lipinski definition) is 3. The first kappa shape index (κ1) is 15.7. The fraction of sp³-hybridized carbons (Fsp3) is 0.300. The molecule has 5 heteroatoms. The zero-order valence-corrected chi connectivity index (χ0v) is 14.1. The Hall–Kier alpha value is -2.82. The standard InChI is InChI=1S/C20H20N2O3/c1-13-12-22(17-8-4-2-6-15(17)19(23)21-13)20(24)16-7-3-5-9-18(16)25-14-10-11-14/h2-9,13-14H,10-12H2,1H3,(H,21,23). The first-order chi connectivity index (χ1) is 12.1. The van der Waals surface area contributed by atoms with Crippen molar-refractivity contribution in [2.45, 2.75) is 31.9 Å². The van der Waals surface area contributed by atoms with Crippen molar-refractivity contribution in [1.82, 2.24) is 5.32 Å². The monoisotopic (exact) mass is 336 g/mol. The summed E-state index contributed by atoms with van der Waals surface area (Å²) >= 11 is 0. The summed E-state index contributed by atoms with van der Waals surface area (Å²) in [4.78, 5) is 27.3. The van der Waals surface area contributed by atoms with Crippen LogP contribution in [0.15, 0.2) is 48.5 Å². The molecular formula is C20H20N2O3. The van der Waals surface area contributed by atoms with E-state index in [1.165, 1.54) is 0 Å². The van der Waals surface area contributed by atoms with E-state index in [9.17, 15) is 9.59 Å². The van der Waals surface area contributed by atoms with Crippen LogP contribution in [-0.4, -0.2) is 30.5 Å². The number of fused-ring (bicyclic) bond motifs is 1.